The zero-order valence-corrected chi connectivity index (χ0v) is 10.5. The highest BCUT2D eigenvalue weighted by atomic mass is 15.1. The Hall–Kier alpha value is -2.36. The summed E-state index contributed by atoms with van der Waals surface area (Å²) in [5, 5.41) is 14.5. The maximum atomic E-state index is 4.18. The molecular weight excluding hydrogens is 224 g/mol. The normalized spacial score (nSPS) is 10.6. The van der Waals surface area contributed by atoms with Gasteiger partial charge in [0.25, 0.3) is 0 Å². The van der Waals surface area contributed by atoms with Crippen molar-refractivity contribution in [3.63, 3.8) is 0 Å². The Morgan fingerprint density at radius 1 is 0.611 bits per heavy atom. The van der Waals surface area contributed by atoms with E-state index < -0.39 is 0 Å². The molecule has 2 aromatic rings. The zero-order valence-electron chi connectivity index (χ0n) is 10.5. The molecule has 4 heteroatoms. The van der Waals surface area contributed by atoms with Crippen LogP contribution in [0.5, 0.6) is 0 Å². The first-order valence-corrected chi connectivity index (χ1v) is 5.79. The zero-order chi connectivity index (χ0) is 12.8. The van der Waals surface area contributed by atoms with E-state index in [1.165, 1.54) is 0 Å². The van der Waals surface area contributed by atoms with Gasteiger partial charge in [-0.2, -0.15) is 10.2 Å². The van der Waals surface area contributed by atoms with E-state index in [1.54, 1.807) is 0 Å². The van der Waals surface area contributed by atoms with Crippen LogP contribution in [0.4, 0.5) is 22.7 Å². The SMILES string of the molecule is CNc1ccc(/N=N/c2ccc(NC)cc2)cc1. The molecule has 0 fully saturated rings. The molecule has 0 heterocycles. The van der Waals surface area contributed by atoms with Crippen LogP contribution < -0.4 is 10.6 Å². The van der Waals surface area contributed by atoms with E-state index in [0.29, 0.717) is 0 Å². The summed E-state index contributed by atoms with van der Waals surface area (Å²) in [5.74, 6) is 0. The van der Waals surface area contributed by atoms with Crippen LogP contribution in [-0.4, -0.2) is 14.1 Å². The number of nitrogens with zero attached hydrogens (tertiary/aromatic N) is 2. The second-order valence-corrected chi connectivity index (χ2v) is 3.79. The van der Waals surface area contributed by atoms with Crippen molar-refractivity contribution in [1.82, 2.24) is 0 Å². The molecule has 0 aliphatic heterocycles. The van der Waals surface area contributed by atoms with E-state index in [-0.39, 0.29) is 0 Å². The van der Waals surface area contributed by atoms with Crippen molar-refractivity contribution in [2.24, 2.45) is 10.2 Å². The van der Waals surface area contributed by atoms with E-state index in [0.717, 1.165) is 22.7 Å². The van der Waals surface area contributed by atoms with Crippen LogP contribution >= 0.6 is 0 Å². The topological polar surface area (TPSA) is 48.8 Å². The van der Waals surface area contributed by atoms with Gasteiger partial charge in [0.15, 0.2) is 0 Å². The van der Waals surface area contributed by atoms with Gasteiger partial charge in [-0.05, 0) is 48.5 Å². The maximum Gasteiger partial charge on any atom is 0.0858 e. The van der Waals surface area contributed by atoms with Crippen molar-refractivity contribution < 1.29 is 0 Å². The van der Waals surface area contributed by atoms with Crippen LogP contribution in [0.3, 0.4) is 0 Å². The van der Waals surface area contributed by atoms with Gasteiger partial charge in [0, 0.05) is 25.5 Å². The van der Waals surface area contributed by atoms with E-state index in [2.05, 4.69) is 20.9 Å². The number of hydrogen-bond donors (Lipinski definition) is 2. The highest BCUT2D eigenvalue weighted by Crippen LogP contribution is 2.21. The second-order valence-electron chi connectivity index (χ2n) is 3.79. The number of anilines is 2. The van der Waals surface area contributed by atoms with Gasteiger partial charge >= 0.3 is 0 Å². The first kappa shape index (κ1) is 12.1. The van der Waals surface area contributed by atoms with Gasteiger partial charge in [-0.25, -0.2) is 0 Å². The second kappa shape index (κ2) is 5.82. The summed E-state index contributed by atoms with van der Waals surface area (Å²) in [6.07, 6.45) is 0. The monoisotopic (exact) mass is 240 g/mol. The van der Waals surface area contributed by atoms with E-state index in [1.807, 2.05) is 62.6 Å². The maximum absolute atomic E-state index is 4.18. The molecule has 0 aliphatic carbocycles. The van der Waals surface area contributed by atoms with Crippen LogP contribution in [0.1, 0.15) is 0 Å². The van der Waals surface area contributed by atoms with E-state index >= 15 is 0 Å². The van der Waals surface area contributed by atoms with E-state index in [9.17, 15) is 0 Å². The van der Waals surface area contributed by atoms with Crippen LogP contribution in [0, 0.1) is 0 Å². The molecule has 2 aromatic carbocycles. The van der Waals surface area contributed by atoms with Crippen LogP contribution in [0.25, 0.3) is 0 Å². The van der Waals surface area contributed by atoms with Gasteiger partial charge in [0.05, 0.1) is 11.4 Å². The Morgan fingerprint density at radius 2 is 0.944 bits per heavy atom. The third-order valence-corrected chi connectivity index (χ3v) is 2.59. The quantitative estimate of drug-likeness (QED) is 0.787. The molecule has 18 heavy (non-hydrogen) atoms. The van der Waals surface area contributed by atoms with Gasteiger partial charge in [0.1, 0.15) is 0 Å². The summed E-state index contributed by atoms with van der Waals surface area (Å²) < 4.78 is 0. The van der Waals surface area contributed by atoms with Crippen molar-refractivity contribution in [1.29, 1.82) is 0 Å². The molecule has 0 aliphatic rings. The van der Waals surface area contributed by atoms with Crippen LogP contribution in [0.2, 0.25) is 0 Å². The average Bonchev–Trinajstić information content (AvgIpc) is 2.46. The van der Waals surface area contributed by atoms with Crippen LogP contribution in [-0.2, 0) is 0 Å². The summed E-state index contributed by atoms with van der Waals surface area (Å²) in [6.45, 7) is 0. The average molecular weight is 240 g/mol. The fourth-order valence-electron chi connectivity index (χ4n) is 1.50. The molecule has 0 saturated carbocycles. The molecule has 0 saturated heterocycles. The number of azo groups is 1. The molecule has 4 nitrogen and oxygen atoms in total. The number of hydrogen-bond acceptors (Lipinski definition) is 4. The van der Waals surface area contributed by atoms with Crippen molar-refractivity contribution in [3.05, 3.63) is 48.5 Å². The number of benzene rings is 2. The Balaban J connectivity index is 2.08. The molecule has 0 aromatic heterocycles. The van der Waals surface area contributed by atoms with Gasteiger partial charge in [-0.3, -0.25) is 0 Å². The van der Waals surface area contributed by atoms with Crippen LogP contribution in [0.15, 0.2) is 58.8 Å². The predicted octanol–water partition coefficient (Wildman–Crippen LogP) is 4.19. The van der Waals surface area contributed by atoms with E-state index in [4.69, 9.17) is 0 Å². The molecule has 0 spiro atoms. The molecule has 0 atom stereocenters. The minimum absolute atomic E-state index is 0.840. The highest BCUT2D eigenvalue weighted by Gasteiger charge is 1.92. The number of nitrogens with one attached hydrogen (secondary N) is 2. The Kier molecular flexibility index (Phi) is 3.91. The molecule has 0 amide bonds. The van der Waals surface area contributed by atoms with Crippen molar-refractivity contribution in [2.75, 3.05) is 24.7 Å². The summed E-state index contributed by atoms with van der Waals surface area (Å²) in [6, 6.07) is 15.6. The molecule has 92 valence electrons. The van der Waals surface area contributed by atoms with Crippen molar-refractivity contribution in [3.8, 4) is 0 Å². The summed E-state index contributed by atoms with van der Waals surface area (Å²) in [7, 11) is 3.78. The lowest BCUT2D eigenvalue weighted by Crippen LogP contribution is -1.85. The lowest BCUT2D eigenvalue weighted by Gasteiger charge is -2.00. The Morgan fingerprint density at radius 3 is 1.22 bits per heavy atom. The Bertz CT molecular complexity index is 465. The van der Waals surface area contributed by atoms with Gasteiger partial charge in [0.2, 0.25) is 0 Å². The fraction of sp³-hybridized carbons (Fsp3) is 0.143. The van der Waals surface area contributed by atoms with Gasteiger partial charge in [-0.15, -0.1) is 0 Å². The predicted molar refractivity (Wildman–Crippen MR) is 76.2 cm³/mol. The Labute approximate surface area is 107 Å². The third kappa shape index (κ3) is 3.07. The minimum Gasteiger partial charge on any atom is -0.388 e. The molecular formula is C14H16N4. The smallest absolute Gasteiger partial charge is 0.0858 e. The summed E-state index contributed by atoms with van der Waals surface area (Å²) in [4.78, 5) is 0. The van der Waals surface area contributed by atoms with Crippen molar-refractivity contribution in [2.45, 2.75) is 0 Å². The molecule has 0 bridgehead atoms. The highest BCUT2D eigenvalue weighted by molar-refractivity contribution is 5.52. The van der Waals surface area contributed by atoms with Gasteiger partial charge < -0.3 is 10.6 Å². The third-order valence-electron chi connectivity index (χ3n) is 2.59. The summed E-state index contributed by atoms with van der Waals surface area (Å²) in [5.41, 5.74) is 3.80. The fourth-order valence-corrected chi connectivity index (χ4v) is 1.50. The lowest BCUT2D eigenvalue weighted by atomic mass is 10.3. The standard InChI is InChI=1S/C14H16N4/c1-15-11-3-7-13(8-4-11)17-18-14-9-5-12(16-2)6-10-14/h3-10,15-16H,1-2H3/b18-17+. The minimum atomic E-state index is 0.840. The summed E-state index contributed by atoms with van der Waals surface area (Å²) >= 11 is 0. The molecule has 2 rings (SSSR count). The molecule has 0 unspecified atom stereocenters. The molecule has 2 N–H and O–H groups in total. The first-order valence-electron chi connectivity index (χ1n) is 5.79. The first-order chi connectivity index (χ1) is 8.81. The largest absolute Gasteiger partial charge is 0.388 e. The lowest BCUT2D eigenvalue weighted by molar-refractivity contribution is 1.23. The molecule has 0 radical (unpaired) electrons. The van der Waals surface area contributed by atoms with Gasteiger partial charge in [-0.1, -0.05) is 0 Å². The number of rotatable bonds is 4. The van der Waals surface area contributed by atoms with Crippen molar-refractivity contribution >= 4 is 22.7 Å².